The van der Waals surface area contributed by atoms with Crippen LogP contribution in [0.15, 0.2) is 17.2 Å². The van der Waals surface area contributed by atoms with Gasteiger partial charge in [-0.1, -0.05) is 0 Å². The van der Waals surface area contributed by atoms with Crippen molar-refractivity contribution in [3.05, 3.63) is 18.0 Å². The Morgan fingerprint density at radius 2 is 2.25 bits per heavy atom. The molecule has 1 atom stereocenters. The van der Waals surface area contributed by atoms with E-state index in [0.717, 1.165) is 18.5 Å². The highest BCUT2D eigenvalue weighted by molar-refractivity contribution is 7.89. The monoisotopic (exact) mass is 301 g/mol. The second-order valence-corrected chi connectivity index (χ2v) is 7.30. The molecule has 0 bridgehead atoms. The quantitative estimate of drug-likeness (QED) is 0.807. The fourth-order valence-electron chi connectivity index (χ4n) is 2.39. The highest BCUT2D eigenvalue weighted by atomic mass is 32.2. The van der Waals surface area contributed by atoms with E-state index in [1.54, 1.807) is 12.3 Å². The average molecular weight is 301 g/mol. The minimum Gasteiger partial charge on any atom is -0.374 e. The van der Waals surface area contributed by atoms with Gasteiger partial charge >= 0.3 is 0 Å². The molecule has 2 N–H and O–H groups in total. The molecule has 1 saturated heterocycles. The Morgan fingerprint density at radius 1 is 1.50 bits per heavy atom. The third-order valence-electron chi connectivity index (χ3n) is 3.69. The summed E-state index contributed by atoms with van der Waals surface area (Å²) in [4.78, 5) is 0.298. The van der Waals surface area contributed by atoms with E-state index >= 15 is 0 Å². The van der Waals surface area contributed by atoms with Gasteiger partial charge in [0, 0.05) is 38.6 Å². The SMILES string of the molecule is CNCc1cc(S(=O)(=O)NCC2(C)CCCO2)cn1C. The Balaban J connectivity index is 2.08. The van der Waals surface area contributed by atoms with Gasteiger partial charge in [-0.05, 0) is 32.9 Å². The number of nitrogens with zero attached hydrogens (tertiary/aromatic N) is 1. The topological polar surface area (TPSA) is 72.4 Å². The van der Waals surface area contributed by atoms with E-state index in [0.29, 0.717) is 24.6 Å². The molecule has 0 spiro atoms. The first-order valence-electron chi connectivity index (χ1n) is 6.80. The van der Waals surface area contributed by atoms with Crippen LogP contribution in [-0.4, -0.2) is 38.8 Å². The molecule has 0 radical (unpaired) electrons. The van der Waals surface area contributed by atoms with Crippen LogP contribution in [0.1, 0.15) is 25.5 Å². The molecule has 114 valence electrons. The second kappa shape index (κ2) is 5.85. The summed E-state index contributed by atoms with van der Waals surface area (Å²) in [6.07, 6.45) is 3.50. The number of nitrogens with one attached hydrogen (secondary N) is 2. The van der Waals surface area contributed by atoms with Crippen LogP contribution in [0.3, 0.4) is 0 Å². The third-order valence-corrected chi connectivity index (χ3v) is 5.06. The molecule has 0 amide bonds. The number of hydrogen-bond donors (Lipinski definition) is 2. The fraction of sp³-hybridized carbons (Fsp3) is 0.692. The average Bonchev–Trinajstić information content (AvgIpc) is 2.97. The van der Waals surface area contributed by atoms with Crippen molar-refractivity contribution in [3.8, 4) is 0 Å². The maximum atomic E-state index is 12.3. The molecule has 1 aromatic rings. The summed E-state index contributed by atoms with van der Waals surface area (Å²) in [5, 5.41) is 3.02. The van der Waals surface area contributed by atoms with E-state index in [1.165, 1.54) is 0 Å². The van der Waals surface area contributed by atoms with Gasteiger partial charge in [-0.15, -0.1) is 0 Å². The maximum Gasteiger partial charge on any atom is 0.242 e. The first kappa shape index (κ1) is 15.5. The van der Waals surface area contributed by atoms with E-state index in [9.17, 15) is 8.42 Å². The molecule has 7 heteroatoms. The predicted octanol–water partition coefficient (Wildman–Crippen LogP) is 0.592. The molecule has 0 aliphatic carbocycles. The van der Waals surface area contributed by atoms with Gasteiger partial charge in [0.25, 0.3) is 0 Å². The van der Waals surface area contributed by atoms with Gasteiger partial charge in [0.2, 0.25) is 10.0 Å². The van der Waals surface area contributed by atoms with E-state index in [-0.39, 0.29) is 5.60 Å². The molecule has 1 unspecified atom stereocenters. The first-order valence-corrected chi connectivity index (χ1v) is 8.28. The van der Waals surface area contributed by atoms with Crippen LogP contribution in [0, 0.1) is 0 Å². The van der Waals surface area contributed by atoms with E-state index in [1.807, 2.05) is 25.6 Å². The Morgan fingerprint density at radius 3 is 2.85 bits per heavy atom. The number of aromatic nitrogens is 1. The van der Waals surface area contributed by atoms with Gasteiger partial charge in [-0.2, -0.15) is 0 Å². The maximum absolute atomic E-state index is 12.3. The number of rotatable bonds is 6. The third kappa shape index (κ3) is 3.41. The summed E-state index contributed by atoms with van der Waals surface area (Å²) in [5.74, 6) is 0. The Hall–Kier alpha value is -0.890. The molecule has 6 nitrogen and oxygen atoms in total. The number of hydrogen-bond acceptors (Lipinski definition) is 4. The lowest BCUT2D eigenvalue weighted by Gasteiger charge is -2.23. The highest BCUT2D eigenvalue weighted by Gasteiger charge is 2.31. The van der Waals surface area contributed by atoms with Crippen molar-refractivity contribution in [2.75, 3.05) is 20.2 Å². The lowest BCUT2D eigenvalue weighted by Crippen LogP contribution is -2.39. The molecule has 2 rings (SSSR count). The van der Waals surface area contributed by atoms with Crippen LogP contribution < -0.4 is 10.0 Å². The molecule has 1 aromatic heterocycles. The largest absolute Gasteiger partial charge is 0.374 e. The van der Waals surface area contributed by atoms with Crippen LogP contribution in [-0.2, 0) is 28.4 Å². The van der Waals surface area contributed by atoms with Crippen LogP contribution in [0.4, 0.5) is 0 Å². The standard InChI is InChI=1S/C13H23N3O3S/c1-13(5-4-6-19-13)10-15-20(17,18)12-7-11(8-14-2)16(3)9-12/h7,9,14-15H,4-6,8,10H2,1-3H3. The second-order valence-electron chi connectivity index (χ2n) is 5.53. The van der Waals surface area contributed by atoms with Crippen LogP contribution in [0.25, 0.3) is 0 Å². The smallest absolute Gasteiger partial charge is 0.242 e. The molecule has 2 heterocycles. The van der Waals surface area contributed by atoms with Gasteiger partial charge in [0.05, 0.1) is 10.5 Å². The van der Waals surface area contributed by atoms with Crippen LogP contribution >= 0.6 is 0 Å². The zero-order valence-electron chi connectivity index (χ0n) is 12.3. The zero-order chi connectivity index (χ0) is 14.8. The molecule has 0 aromatic carbocycles. The Kier molecular flexibility index (Phi) is 4.53. The Bertz CT molecular complexity index is 559. The van der Waals surface area contributed by atoms with E-state index < -0.39 is 10.0 Å². The summed E-state index contributed by atoms with van der Waals surface area (Å²) in [6, 6.07) is 1.69. The van der Waals surface area contributed by atoms with Crippen molar-refractivity contribution in [1.82, 2.24) is 14.6 Å². The van der Waals surface area contributed by atoms with Crippen LogP contribution in [0.5, 0.6) is 0 Å². The van der Waals surface area contributed by atoms with Crippen molar-refractivity contribution in [2.24, 2.45) is 7.05 Å². The number of sulfonamides is 1. The van der Waals surface area contributed by atoms with E-state index in [4.69, 9.17) is 4.74 Å². The van der Waals surface area contributed by atoms with Gasteiger partial charge in [-0.25, -0.2) is 13.1 Å². The van der Waals surface area contributed by atoms with Crippen molar-refractivity contribution < 1.29 is 13.2 Å². The lowest BCUT2D eigenvalue weighted by atomic mass is 10.0. The molecule has 0 saturated carbocycles. The van der Waals surface area contributed by atoms with Crippen molar-refractivity contribution in [1.29, 1.82) is 0 Å². The predicted molar refractivity (Wildman–Crippen MR) is 77.0 cm³/mol. The van der Waals surface area contributed by atoms with Gasteiger partial charge < -0.3 is 14.6 Å². The molecule has 20 heavy (non-hydrogen) atoms. The normalized spacial score (nSPS) is 23.4. The molecule has 1 aliphatic rings. The molecule has 1 aliphatic heterocycles. The Labute approximate surface area is 120 Å². The van der Waals surface area contributed by atoms with Gasteiger partial charge in [0.15, 0.2) is 0 Å². The number of aryl methyl sites for hydroxylation is 1. The summed E-state index contributed by atoms with van der Waals surface area (Å²) >= 11 is 0. The highest BCUT2D eigenvalue weighted by Crippen LogP contribution is 2.24. The van der Waals surface area contributed by atoms with Crippen LogP contribution in [0.2, 0.25) is 0 Å². The van der Waals surface area contributed by atoms with E-state index in [2.05, 4.69) is 10.0 Å². The fourth-order valence-corrected chi connectivity index (χ4v) is 3.64. The zero-order valence-corrected chi connectivity index (χ0v) is 13.1. The lowest BCUT2D eigenvalue weighted by molar-refractivity contribution is 0.0250. The van der Waals surface area contributed by atoms with Crippen molar-refractivity contribution in [3.63, 3.8) is 0 Å². The molecular weight excluding hydrogens is 278 g/mol. The summed E-state index contributed by atoms with van der Waals surface area (Å²) in [5.41, 5.74) is 0.548. The van der Waals surface area contributed by atoms with Crippen molar-refractivity contribution >= 4 is 10.0 Å². The minimum absolute atomic E-state index is 0.298. The minimum atomic E-state index is -3.48. The first-order chi connectivity index (χ1) is 9.36. The summed E-state index contributed by atoms with van der Waals surface area (Å²) in [7, 11) is 0.187. The van der Waals surface area contributed by atoms with Gasteiger partial charge in [-0.3, -0.25) is 0 Å². The van der Waals surface area contributed by atoms with Gasteiger partial charge in [0.1, 0.15) is 0 Å². The molecular formula is C13H23N3O3S. The summed E-state index contributed by atoms with van der Waals surface area (Å²) in [6.45, 7) is 3.59. The molecule has 1 fully saturated rings. The summed E-state index contributed by atoms with van der Waals surface area (Å²) < 4.78 is 34.7. The number of ether oxygens (including phenoxy) is 1. The van der Waals surface area contributed by atoms with Crippen molar-refractivity contribution in [2.45, 2.75) is 36.8 Å².